The number of ketones is 1. The number of nitrogens with two attached hydrogens (primary N) is 1. The third kappa shape index (κ3) is 7.87. The molecule has 0 bridgehead atoms. The van der Waals surface area contributed by atoms with E-state index in [1.807, 2.05) is 0 Å². The van der Waals surface area contributed by atoms with E-state index in [9.17, 15) is 39.6 Å². The molecule has 2 saturated heterocycles. The average Bonchev–Trinajstić information content (AvgIpc) is 2.83. The van der Waals surface area contributed by atoms with Crippen LogP contribution in [-0.2, 0) is 38.1 Å². The molecule has 218 valence electrons. The van der Waals surface area contributed by atoms with Crippen molar-refractivity contribution in [3.63, 3.8) is 0 Å². The van der Waals surface area contributed by atoms with Gasteiger partial charge in [0.05, 0.1) is 25.3 Å². The Morgan fingerprint density at radius 3 is 1.89 bits per heavy atom. The molecule has 16 nitrogen and oxygen atoms in total. The van der Waals surface area contributed by atoms with Gasteiger partial charge in [0.2, 0.25) is 17.7 Å². The van der Waals surface area contributed by atoms with Crippen molar-refractivity contribution in [1.29, 1.82) is 0 Å². The second kappa shape index (κ2) is 14.2. The fraction of sp³-hybridized carbons (Fsp3) is 0.818. The van der Waals surface area contributed by atoms with Crippen molar-refractivity contribution in [1.82, 2.24) is 16.0 Å². The standard InChI is InChI=1S/C22H38N4O12/c1-8(29)11(5-14(23)32)26-21-15(24-9(2)30)17(33)20(13(7-28)36-21)38-22-16(25-10(3)31)18(34)19(35-4)12(6-27)37-22/h11-13,15-22,26-28,33-34H,5-7H2,1-4H3,(H2,23,32)(H,24,30)(H,25,31)/t11-,12?,13?,15?,16?,17?,18?,19?,20?,21?,22?/m0/s1. The van der Waals surface area contributed by atoms with Gasteiger partial charge in [-0.2, -0.15) is 0 Å². The van der Waals surface area contributed by atoms with Crippen LogP contribution in [0.1, 0.15) is 27.2 Å². The molecule has 0 aromatic rings. The molecule has 11 atom stereocenters. The highest BCUT2D eigenvalue weighted by atomic mass is 16.7. The summed E-state index contributed by atoms with van der Waals surface area (Å²) in [7, 11) is 1.28. The molecule has 16 heteroatoms. The van der Waals surface area contributed by atoms with Crippen LogP contribution in [0.2, 0.25) is 0 Å². The van der Waals surface area contributed by atoms with Gasteiger partial charge in [0.15, 0.2) is 6.29 Å². The Kier molecular flexibility index (Phi) is 11.9. The van der Waals surface area contributed by atoms with E-state index in [-0.39, 0.29) is 0 Å². The van der Waals surface area contributed by atoms with Gasteiger partial charge in [0.25, 0.3) is 0 Å². The van der Waals surface area contributed by atoms with Gasteiger partial charge in [-0.15, -0.1) is 0 Å². The Hall–Kier alpha value is -2.28. The lowest BCUT2D eigenvalue weighted by Gasteiger charge is -2.49. The third-order valence-electron chi connectivity index (χ3n) is 6.32. The zero-order valence-electron chi connectivity index (χ0n) is 21.6. The summed E-state index contributed by atoms with van der Waals surface area (Å²) in [5.41, 5.74) is 5.22. The number of rotatable bonds is 12. The van der Waals surface area contributed by atoms with Crippen LogP contribution in [0.15, 0.2) is 0 Å². The molecule has 2 heterocycles. The van der Waals surface area contributed by atoms with Gasteiger partial charge in [-0.05, 0) is 6.92 Å². The Morgan fingerprint density at radius 1 is 0.895 bits per heavy atom. The number of aliphatic hydroxyl groups is 4. The molecule has 3 amide bonds. The van der Waals surface area contributed by atoms with Gasteiger partial charge in [0.1, 0.15) is 54.7 Å². The second-order valence-corrected chi connectivity index (χ2v) is 9.24. The molecule has 9 N–H and O–H groups in total. The van der Waals surface area contributed by atoms with E-state index in [1.165, 1.54) is 27.9 Å². The lowest BCUT2D eigenvalue weighted by Crippen LogP contribution is -2.71. The first kappa shape index (κ1) is 31.9. The van der Waals surface area contributed by atoms with Crippen LogP contribution in [0.5, 0.6) is 0 Å². The van der Waals surface area contributed by atoms with E-state index in [2.05, 4.69) is 16.0 Å². The number of ether oxygens (including phenoxy) is 4. The molecule has 0 spiro atoms. The summed E-state index contributed by atoms with van der Waals surface area (Å²) in [4.78, 5) is 47.2. The topological polar surface area (TPSA) is 248 Å². The summed E-state index contributed by atoms with van der Waals surface area (Å²) in [5, 5.41) is 49.5. The largest absolute Gasteiger partial charge is 0.394 e. The van der Waals surface area contributed by atoms with Gasteiger partial charge in [-0.25, -0.2) is 0 Å². The maximum Gasteiger partial charge on any atom is 0.219 e. The number of hydrogen-bond acceptors (Lipinski definition) is 13. The predicted molar refractivity (Wildman–Crippen MR) is 126 cm³/mol. The molecule has 0 saturated carbocycles. The molecule has 2 aliphatic rings. The Balaban J connectivity index is 2.37. The number of Topliss-reactive ketones (excluding diaryl/α,β-unsaturated/α-hetero) is 1. The Labute approximate surface area is 219 Å². The highest BCUT2D eigenvalue weighted by Crippen LogP contribution is 2.30. The fourth-order valence-corrected chi connectivity index (χ4v) is 4.54. The number of methoxy groups -OCH3 is 1. The van der Waals surface area contributed by atoms with Crippen LogP contribution in [0.3, 0.4) is 0 Å². The highest BCUT2D eigenvalue weighted by Gasteiger charge is 2.52. The summed E-state index contributed by atoms with van der Waals surface area (Å²) < 4.78 is 22.7. The van der Waals surface area contributed by atoms with Gasteiger partial charge in [-0.3, -0.25) is 24.5 Å². The summed E-state index contributed by atoms with van der Waals surface area (Å²) in [6.45, 7) is 2.29. The van der Waals surface area contributed by atoms with E-state index in [1.54, 1.807) is 0 Å². The Bertz CT molecular complexity index is 847. The van der Waals surface area contributed by atoms with Crippen LogP contribution in [0, 0.1) is 0 Å². The molecule has 0 radical (unpaired) electrons. The van der Waals surface area contributed by atoms with E-state index in [4.69, 9.17) is 24.7 Å². The first-order chi connectivity index (χ1) is 17.8. The van der Waals surface area contributed by atoms with Crippen LogP contribution in [0.25, 0.3) is 0 Å². The molecule has 38 heavy (non-hydrogen) atoms. The number of nitrogens with one attached hydrogen (secondary N) is 3. The molecule has 10 unspecified atom stereocenters. The minimum Gasteiger partial charge on any atom is -0.394 e. The zero-order chi connectivity index (χ0) is 28.7. The van der Waals surface area contributed by atoms with Crippen molar-refractivity contribution in [3.05, 3.63) is 0 Å². The van der Waals surface area contributed by atoms with Crippen molar-refractivity contribution >= 4 is 23.5 Å². The Morgan fingerprint density at radius 2 is 1.42 bits per heavy atom. The van der Waals surface area contributed by atoms with Crippen LogP contribution in [0.4, 0.5) is 0 Å². The average molecular weight is 551 g/mol. The first-order valence-electron chi connectivity index (χ1n) is 12.0. The number of hydrogen-bond donors (Lipinski definition) is 8. The summed E-state index contributed by atoms with van der Waals surface area (Å²) >= 11 is 0. The van der Waals surface area contributed by atoms with Gasteiger partial charge in [0, 0.05) is 27.4 Å². The molecule has 2 rings (SSSR count). The maximum absolute atomic E-state index is 12.1. The lowest BCUT2D eigenvalue weighted by atomic mass is 9.93. The molecule has 2 fully saturated rings. The molecular formula is C22H38N4O12. The highest BCUT2D eigenvalue weighted by molar-refractivity contribution is 5.87. The zero-order valence-corrected chi connectivity index (χ0v) is 21.6. The van der Waals surface area contributed by atoms with Crippen LogP contribution in [-0.4, -0.2) is 132 Å². The summed E-state index contributed by atoms with van der Waals surface area (Å²) in [5.74, 6) is -2.38. The smallest absolute Gasteiger partial charge is 0.219 e. The van der Waals surface area contributed by atoms with Crippen molar-refractivity contribution in [2.75, 3.05) is 20.3 Å². The monoisotopic (exact) mass is 550 g/mol. The van der Waals surface area contributed by atoms with E-state index < -0.39 is 110 Å². The molecule has 2 aliphatic heterocycles. The van der Waals surface area contributed by atoms with Gasteiger partial charge < -0.3 is 55.7 Å². The van der Waals surface area contributed by atoms with Crippen molar-refractivity contribution < 1.29 is 58.6 Å². The number of amides is 3. The van der Waals surface area contributed by atoms with Crippen molar-refractivity contribution in [2.24, 2.45) is 5.73 Å². The number of primary amides is 1. The minimum atomic E-state index is -1.60. The second-order valence-electron chi connectivity index (χ2n) is 9.24. The molecule has 0 aromatic carbocycles. The van der Waals surface area contributed by atoms with Crippen molar-refractivity contribution in [3.8, 4) is 0 Å². The SMILES string of the molecule is COC1C(CO)OC(OC2C(CO)OC(N[C@@H](CC(N)=O)C(C)=O)C(NC(C)=O)C2O)C(NC(C)=O)C1O. The number of aliphatic hydroxyl groups excluding tert-OH is 4. The number of carbonyl (C=O) groups is 4. The van der Waals surface area contributed by atoms with E-state index in [0.29, 0.717) is 0 Å². The van der Waals surface area contributed by atoms with E-state index >= 15 is 0 Å². The fourth-order valence-electron chi connectivity index (χ4n) is 4.54. The lowest BCUT2D eigenvalue weighted by molar-refractivity contribution is -0.318. The van der Waals surface area contributed by atoms with Crippen LogP contribution >= 0.6 is 0 Å². The summed E-state index contributed by atoms with van der Waals surface area (Å²) in [6, 6.07) is -3.60. The van der Waals surface area contributed by atoms with Gasteiger partial charge >= 0.3 is 0 Å². The predicted octanol–water partition coefficient (Wildman–Crippen LogP) is -5.03. The summed E-state index contributed by atoms with van der Waals surface area (Å²) in [6.07, 6.45) is -10.9. The molecular weight excluding hydrogens is 512 g/mol. The quantitative estimate of drug-likeness (QED) is 0.113. The maximum atomic E-state index is 12.1. The first-order valence-corrected chi connectivity index (χ1v) is 12.0. The third-order valence-corrected chi connectivity index (χ3v) is 6.32. The van der Waals surface area contributed by atoms with Crippen molar-refractivity contribution in [2.45, 2.75) is 94.5 Å². The number of carbonyl (C=O) groups excluding carboxylic acids is 4. The van der Waals surface area contributed by atoms with E-state index in [0.717, 1.165) is 0 Å². The van der Waals surface area contributed by atoms with Crippen LogP contribution < -0.4 is 21.7 Å². The normalized spacial score (nSPS) is 36.2. The van der Waals surface area contributed by atoms with Gasteiger partial charge in [-0.1, -0.05) is 0 Å². The molecule has 0 aromatic heterocycles. The molecule has 0 aliphatic carbocycles. The minimum absolute atomic E-state index is 0.392.